The minimum absolute atomic E-state index is 0.0667. The molecule has 0 aliphatic carbocycles. The number of para-hydroxylation sites is 1. The Balaban J connectivity index is 2.45. The molecule has 1 aromatic heterocycles. The van der Waals surface area contributed by atoms with Crippen LogP contribution in [0.15, 0.2) is 30.3 Å². The number of benzene rings is 1. The average Bonchev–Trinajstić information content (AvgIpc) is 2.36. The van der Waals surface area contributed by atoms with Gasteiger partial charge in [0.1, 0.15) is 0 Å². The van der Waals surface area contributed by atoms with Crippen LogP contribution < -0.4 is 5.32 Å². The third-order valence-corrected chi connectivity index (χ3v) is 4.66. The lowest BCUT2D eigenvalue weighted by Crippen LogP contribution is -2.48. The molecule has 0 saturated heterocycles. The summed E-state index contributed by atoms with van der Waals surface area (Å²) in [6, 6.07) is 9.56. The molecule has 1 amide bonds. The smallest absolute Gasteiger partial charge is 0.252 e. The largest absolute Gasteiger partial charge is 0.346 e. The zero-order chi connectivity index (χ0) is 14.9. The van der Waals surface area contributed by atoms with E-state index in [4.69, 9.17) is 0 Å². The monoisotopic (exact) mass is 334 g/mol. The number of alkyl halides is 1. The van der Waals surface area contributed by atoms with Crippen LogP contribution >= 0.6 is 15.9 Å². The number of rotatable bonds is 3. The molecule has 2 aromatic rings. The fraction of sp³-hybridized carbons (Fsp3) is 0.375. The zero-order valence-electron chi connectivity index (χ0n) is 12.2. The summed E-state index contributed by atoms with van der Waals surface area (Å²) in [7, 11) is 0. The maximum absolute atomic E-state index is 12.6. The maximum Gasteiger partial charge on any atom is 0.252 e. The maximum atomic E-state index is 12.6. The molecule has 0 saturated carbocycles. The zero-order valence-corrected chi connectivity index (χ0v) is 13.8. The number of carbonyl (C=O) groups excluding carboxylic acids is 1. The third kappa shape index (κ3) is 3.01. The van der Waals surface area contributed by atoms with E-state index in [1.807, 2.05) is 58.0 Å². The number of pyridine rings is 1. The molecular weight excluding hydrogens is 316 g/mol. The third-order valence-electron chi connectivity index (χ3n) is 3.52. The number of aromatic nitrogens is 1. The number of hydrogen-bond acceptors (Lipinski definition) is 2. The molecule has 20 heavy (non-hydrogen) atoms. The Hall–Kier alpha value is -1.42. The van der Waals surface area contributed by atoms with Crippen molar-refractivity contribution >= 4 is 32.7 Å². The Bertz CT molecular complexity index is 650. The van der Waals surface area contributed by atoms with Crippen LogP contribution in [-0.2, 0) is 0 Å². The standard InChI is InChI=1S/C16H19BrN2O/c1-10-9-13(12-7-5-6-8-14(12)18-10)15(20)19-16(3,4)11(2)17/h5-9,11H,1-4H3,(H,19,20). The summed E-state index contributed by atoms with van der Waals surface area (Å²) < 4.78 is 0. The molecule has 0 aliphatic heterocycles. The van der Waals surface area contributed by atoms with Gasteiger partial charge in [0.05, 0.1) is 11.1 Å². The van der Waals surface area contributed by atoms with Crippen molar-refractivity contribution in [2.75, 3.05) is 0 Å². The summed E-state index contributed by atoms with van der Waals surface area (Å²) in [5, 5.41) is 3.96. The highest BCUT2D eigenvalue weighted by atomic mass is 79.9. The van der Waals surface area contributed by atoms with Gasteiger partial charge in [-0.05, 0) is 32.9 Å². The highest BCUT2D eigenvalue weighted by Crippen LogP contribution is 2.21. The summed E-state index contributed by atoms with van der Waals surface area (Å²) in [6.45, 7) is 7.93. The van der Waals surface area contributed by atoms with Crippen LogP contribution in [0.2, 0.25) is 0 Å². The first-order chi connectivity index (χ1) is 9.31. The van der Waals surface area contributed by atoms with Gasteiger partial charge in [0.15, 0.2) is 0 Å². The summed E-state index contributed by atoms with van der Waals surface area (Å²) in [5.74, 6) is -0.0667. The molecule has 1 atom stereocenters. The Kier molecular flexibility index (Phi) is 4.14. The molecule has 1 aromatic carbocycles. The Labute approximate surface area is 127 Å². The van der Waals surface area contributed by atoms with Crippen LogP contribution in [0.1, 0.15) is 36.8 Å². The van der Waals surface area contributed by atoms with Crippen molar-refractivity contribution in [3.63, 3.8) is 0 Å². The van der Waals surface area contributed by atoms with E-state index in [1.54, 1.807) is 0 Å². The molecule has 106 valence electrons. The predicted octanol–water partition coefficient (Wildman–Crippen LogP) is 3.84. The number of fused-ring (bicyclic) bond motifs is 1. The molecule has 0 bridgehead atoms. The van der Waals surface area contributed by atoms with E-state index in [2.05, 4.69) is 26.2 Å². The van der Waals surface area contributed by atoms with Gasteiger partial charge in [-0.3, -0.25) is 9.78 Å². The number of hydrogen-bond donors (Lipinski definition) is 1. The van der Waals surface area contributed by atoms with Crippen molar-refractivity contribution in [1.29, 1.82) is 0 Å². The summed E-state index contributed by atoms with van der Waals surface area (Å²) in [4.78, 5) is 17.2. The van der Waals surface area contributed by atoms with Gasteiger partial charge in [-0.15, -0.1) is 0 Å². The van der Waals surface area contributed by atoms with Crippen molar-refractivity contribution in [2.24, 2.45) is 0 Å². The topological polar surface area (TPSA) is 42.0 Å². The van der Waals surface area contributed by atoms with Crippen LogP contribution in [-0.4, -0.2) is 21.3 Å². The average molecular weight is 335 g/mol. The van der Waals surface area contributed by atoms with Gasteiger partial charge in [-0.25, -0.2) is 0 Å². The highest BCUT2D eigenvalue weighted by molar-refractivity contribution is 9.09. The normalized spacial score (nSPS) is 13.2. The molecule has 3 nitrogen and oxygen atoms in total. The fourth-order valence-electron chi connectivity index (χ4n) is 1.96. The number of nitrogens with one attached hydrogen (secondary N) is 1. The molecule has 1 N–H and O–H groups in total. The number of amides is 1. The second-order valence-corrected chi connectivity index (χ2v) is 6.99. The molecule has 0 spiro atoms. The van der Waals surface area contributed by atoms with E-state index in [0.717, 1.165) is 16.6 Å². The van der Waals surface area contributed by atoms with E-state index in [-0.39, 0.29) is 16.3 Å². The minimum Gasteiger partial charge on any atom is -0.346 e. The number of halogens is 1. The number of nitrogens with zero attached hydrogens (tertiary/aromatic N) is 1. The summed E-state index contributed by atoms with van der Waals surface area (Å²) in [5.41, 5.74) is 2.05. The van der Waals surface area contributed by atoms with Gasteiger partial charge in [0.25, 0.3) is 5.91 Å². The predicted molar refractivity (Wildman–Crippen MR) is 86.4 cm³/mol. The number of carbonyl (C=O) groups is 1. The van der Waals surface area contributed by atoms with Crippen LogP contribution in [0.4, 0.5) is 0 Å². The second kappa shape index (κ2) is 5.52. The van der Waals surface area contributed by atoms with Crippen LogP contribution in [0.3, 0.4) is 0 Å². The molecule has 1 unspecified atom stereocenters. The van der Waals surface area contributed by atoms with E-state index in [0.29, 0.717) is 5.56 Å². The van der Waals surface area contributed by atoms with Crippen LogP contribution in [0, 0.1) is 6.92 Å². The first kappa shape index (κ1) is 15.0. The van der Waals surface area contributed by atoms with Gasteiger partial charge in [0.2, 0.25) is 0 Å². The van der Waals surface area contributed by atoms with Gasteiger partial charge in [-0.2, -0.15) is 0 Å². The lowest BCUT2D eigenvalue weighted by atomic mass is 10.00. The minimum atomic E-state index is -0.324. The Morgan fingerprint density at radius 3 is 2.65 bits per heavy atom. The first-order valence-corrected chi connectivity index (χ1v) is 7.56. The van der Waals surface area contributed by atoms with Crippen molar-refractivity contribution in [3.05, 3.63) is 41.6 Å². The van der Waals surface area contributed by atoms with Gasteiger partial charge in [0, 0.05) is 21.4 Å². The molecule has 1 heterocycles. The first-order valence-electron chi connectivity index (χ1n) is 6.64. The van der Waals surface area contributed by atoms with Crippen molar-refractivity contribution in [1.82, 2.24) is 10.3 Å². The molecule has 2 rings (SSSR count). The van der Waals surface area contributed by atoms with Crippen LogP contribution in [0.5, 0.6) is 0 Å². The molecule has 0 aliphatic rings. The lowest BCUT2D eigenvalue weighted by molar-refractivity contribution is 0.0915. The van der Waals surface area contributed by atoms with Gasteiger partial charge >= 0.3 is 0 Å². The summed E-state index contributed by atoms with van der Waals surface area (Å²) >= 11 is 3.53. The van der Waals surface area contributed by atoms with E-state index in [9.17, 15) is 4.79 Å². The van der Waals surface area contributed by atoms with Crippen LogP contribution in [0.25, 0.3) is 10.9 Å². The van der Waals surface area contributed by atoms with Crippen molar-refractivity contribution in [3.8, 4) is 0 Å². The molecule has 0 fully saturated rings. The SMILES string of the molecule is Cc1cc(C(=O)NC(C)(C)C(C)Br)c2ccccc2n1. The van der Waals surface area contributed by atoms with E-state index < -0.39 is 0 Å². The van der Waals surface area contributed by atoms with Gasteiger partial charge < -0.3 is 5.32 Å². The van der Waals surface area contributed by atoms with E-state index in [1.165, 1.54) is 0 Å². The fourth-order valence-corrected chi connectivity index (χ4v) is 2.07. The number of aryl methyl sites for hydroxylation is 1. The molecular formula is C16H19BrN2O. The molecule has 4 heteroatoms. The van der Waals surface area contributed by atoms with Gasteiger partial charge in [-0.1, -0.05) is 41.1 Å². The van der Waals surface area contributed by atoms with E-state index >= 15 is 0 Å². The Morgan fingerprint density at radius 1 is 1.35 bits per heavy atom. The van der Waals surface area contributed by atoms with Crippen molar-refractivity contribution in [2.45, 2.75) is 38.1 Å². The molecule has 0 radical (unpaired) electrons. The lowest BCUT2D eigenvalue weighted by Gasteiger charge is -2.29. The highest BCUT2D eigenvalue weighted by Gasteiger charge is 2.26. The Morgan fingerprint density at radius 2 is 2.00 bits per heavy atom. The summed E-state index contributed by atoms with van der Waals surface area (Å²) in [6.07, 6.45) is 0. The second-order valence-electron chi connectivity index (χ2n) is 5.62. The quantitative estimate of drug-likeness (QED) is 0.866. The van der Waals surface area contributed by atoms with Crippen molar-refractivity contribution < 1.29 is 4.79 Å².